The van der Waals surface area contributed by atoms with Gasteiger partial charge in [-0.2, -0.15) is 9.61 Å². The van der Waals surface area contributed by atoms with E-state index in [2.05, 4.69) is 59.2 Å². The van der Waals surface area contributed by atoms with Crippen LogP contribution in [0.4, 0.5) is 5.69 Å². The van der Waals surface area contributed by atoms with Crippen LogP contribution in [0.5, 0.6) is 0 Å². The second-order valence-corrected chi connectivity index (χ2v) is 8.66. The van der Waals surface area contributed by atoms with Crippen LogP contribution in [0, 0.1) is 5.92 Å². The van der Waals surface area contributed by atoms with Crippen molar-refractivity contribution in [2.75, 3.05) is 25.7 Å². The molecule has 1 atom stereocenters. The molecule has 1 unspecified atom stereocenters. The second kappa shape index (κ2) is 10.0. The van der Waals surface area contributed by atoms with Crippen molar-refractivity contribution in [1.29, 1.82) is 0 Å². The molecule has 34 heavy (non-hydrogen) atoms. The van der Waals surface area contributed by atoms with Gasteiger partial charge in [-0.1, -0.05) is 37.4 Å². The fourth-order valence-corrected chi connectivity index (χ4v) is 3.63. The van der Waals surface area contributed by atoms with Gasteiger partial charge in [-0.25, -0.2) is 0 Å². The Kier molecular flexibility index (Phi) is 6.93. The molecule has 2 heterocycles. The summed E-state index contributed by atoms with van der Waals surface area (Å²) in [5.74, 6) is 1.37. The Bertz CT molecular complexity index is 1210. The molecule has 1 aliphatic rings. The van der Waals surface area contributed by atoms with Crippen molar-refractivity contribution < 1.29 is 4.84 Å². The monoisotopic (exact) mass is 460 g/mol. The van der Waals surface area contributed by atoms with Gasteiger partial charge in [0.2, 0.25) is 0 Å². The van der Waals surface area contributed by atoms with E-state index < -0.39 is 0 Å². The summed E-state index contributed by atoms with van der Waals surface area (Å²) in [6, 6.07) is 10.1. The zero-order valence-corrected chi connectivity index (χ0v) is 20.3. The van der Waals surface area contributed by atoms with Crippen molar-refractivity contribution in [1.82, 2.24) is 30.4 Å². The fraction of sp³-hybridized carbons (Fsp3) is 0.360. The normalized spacial score (nSPS) is 14.6. The molecule has 9 heteroatoms. The quantitative estimate of drug-likeness (QED) is 0.342. The minimum absolute atomic E-state index is 0.0389. The Balaban J connectivity index is 1.59. The summed E-state index contributed by atoms with van der Waals surface area (Å²) in [7, 11) is 3.83. The maximum Gasteiger partial charge on any atom is 0.177 e. The van der Waals surface area contributed by atoms with Crippen molar-refractivity contribution in [2.45, 2.75) is 32.6 Å². The third-order valence-electron chi connectivity index (χ3n) is 5.97. The average molecular weight is 461 g/mol. The molecule has 0 saturated heterocycles. The molecular formula is C25H32N8O. The van der Waals surface area contributed by atoms with Gasteiger partial charge in [0.05, 0.1) is 5.69 Å². The topological polar surface area (TPSA) is 83.2 Å². The SMILES string of the molecule is C=Cc1cc(C(C)c2nnc3ccc(/C(C)=N/OCC4CC4)nn23)ccc1N(C)NN(C)C=C. The summed E-state index contributed by atoms with van der Waals surface area (Å²) in [4.78, 5) is 5.48. The number of oxime groups is 1. The third-order valence-corrected chi connectivity index (χ3v) is 5.97. The Morgan fingerprint density at radius 1 is 1.26 bits per heavy atom. The molecule has 0 aliphatic heterocycles. The molecular weight excluding hydrogens is 428 g/mol. The molecule has 1 aliphatic carbocycles. The third kappa shape index (κ3) is 5.09. The maximum absolute atomic E-state index is 5.48. The lowest BCUT2D eigenvalue weighted by Crippen LogP contribution is -2.43. The van der Waals surface area contributed by atoms with Gasteiger partial charge >= 0.3 is 0 Å². The fourth-order valence-electron chi connectivity index (χ4n) is 3.63. The molecule has 2 aromatic heterocycles. The number of hydrazine groups is 2. The number of nitrogens with zero attached hydrogens (tertiary/aromatic N) is 7. The zero-order valence-electron chi connectivity index (χ0n) is 20.3. The first kappa shape index (κ1) is 23.4. The first-order valence-corrected chi connectivity index (χ1v) is 11.4. The number of anilines is 1. The molecule has 0 spiro atoms. The van der Waals surface area contributed by atoms with Crippen LogP contribution in [0.1, 0.15) is 55.3 Å². The van der Waals surface area contributed by atoms with Crippen LogP contribution in [0.3, 0.4) is 0 Å². The van der Waals surface area contributed by atoms with Crippen molar-refractivity contribution in [3.8, 4) is 0 Å². The zero-order chi connectivity index (χ0) is 24.2. The number of rotatable bonds is 11. The van der Waals surface area contributed by atoms with Gasteiger partial charge in [-0.3, -0.25) is 5.01 Å². The van der Waals surface area contributed by atoms with Crippen molar-refractivity contribution in [3.05, 3.63) is 72.3 Å². The van der Waals surface area contributed by atoms with Crippen molar-refractivity contribution in [2.24, 2.45) is 11.1 Å². The molecule has 1 fully saturated rings. The van der Waals surface area contributed by atoms with Crippen LogP contribution < -0.4 is 10.5 Å². The molecule has 178 valence electrons. The average Bonchev–Trinajstić information content (AvgIpc) is 3.58. The summed E-state index contributed by atoms with van der Waals surface area (Å²) in [5.41, 5.74) is 8.43. The van der Waals surface area contributed by atoms with E-state index in [1.165, 1.54) is 12.8 Å². The molecule has 1 N–H and O–H groups in total. The summed E-state index contributed by atoms with van der Waals surface area (Å²) < 4.78 is 1.79. The van der Waals surface area contributed by atoms with Gasteiger partial charge in [0, 0.05) is 26.2 Å². The number of fused-ring (bicyclic) bond motifs is 1. The minimum Gasteiger partial charge on any atom is -0.395 e. The van der Waals surface area contributed by atoms with E-state index >= 15 is 0 Å². The Labute approximate surface area is 200 Å². The van der Waals surface area contributed by atoms with Crippen molar-refractivity contribution >= 4 is 23.1 Å². The lowest BCUT2D eigenvalue weighted by molar-refractivity contribution is 0.134. The van der Waals surface area contributed by atoms with Gasteiger partial charge in [0.15, 0.2) is 11.5 Å². The lowest BCUT2D eigenvalue weighted by Gasteiger charge is -2.28. The molecule has 1 aromatic carbocycles. The first-order valence-electron chi connectivity index (χ1n) is 11.4. The smallest absolute Gasteiger partial charge is 0.177 e. The summed E-state index contributed by atoms with van der Waals surface area (Å²) in [6.07, 6.45) is 6.00. The van der Waals surface area contributed by atoms with Crippen LogP contribution in [0.2, 0.25) is 0 Å². The van der Waals surface area contributed by atoms with Crippen LogP contribution in [-0.4, -0.2) is 51.2 Å². The molecule has 9 nitrogen and oxygen atoms in total. The lowest BCUT2D eigenvalue weighted by atomic mass is 9.97. The molecule has 0 amide bonds. The maximum atomic E-state index is 5.48. The Morgan fingerprint density at radius 3 is 2.76 bits per heavy atom. The van der Waals surface area contributed by atoms with Gasteiger partial charge in [-0.05, 0) is 61.1 Å². The summed E-state index contributed by atoms with van der Waals surface area (Å²) in [6.45, 7) is 12.4. The highest BCUT2D eigenvalue weighted by Gasteiger charge is 2.22. The highest BCUT2D eigenvalue weighted by Crippen LogP contribution is 2.29. The first-order chi connectivity index (χ1) is 16.4. The van der Waals surface area contributed by atoms with E-state index in [0.29, 0.717) is 18.2 Å². The molecule has 0 bridgehead atoms. The van der Waals surface area contributed by atoms with Crippen LogP contribution in [-0.2, 0) is 4.84 Å². The highest BCUT2D eigenvalue weighted by atomic mass is 16.6. The number of benzene rings is 1. The predicted octanol–water partition coefficient (Wildman–Crippen LogP) is 4.00. The van der Waals surface area contributed by atoms with Gasteiger partial charge < -0.3 is 9.85 Å². The van der Waals surface area contributed by atoms with Gasteiger partial charge in [0.25, 0.3) is 0 Å². The molecule has 3 aromatic rings. The van der Waals surface area contributed by atoms with Gasteiger partial charge in [-0.15, -0.1) is 15.7 Å². The van der Waals surface area contributed by atoms with Crippen molar-refractivity contribution in [3.63, 3.8) is 0 Å². The number of hydrogen-bond donors (Lipinski definition) is 1. The second-order valence-electron chi connectivity index (χ2n) is 8.66. The van der Waals surface area contributed by atoms with E-state index in [4.69, 9.17) is 9.94 Å². The van der Waals surface area contributed by atoms with Crippen LogP contribution in [0.25, 0.3) is 11.7 Å². The van der Waals surface area contributed by atoms with Crippen LogP contribution >= 0.6 is 0 Å². The minimum atomic E-state index is -0.0389. The van der Waals surface area contributed by atoms with E-state index in [9.17, 15) is 0 Å². The summed E-state index contributed by atoms with van der Waals surface area (Å²) >= 11 is 0. The molecule has 1 saturated carbocycles. The van der Waals surface area contributed by atoms with E-state index in [-0.39, 0.29) is 5.92 Å². The number of aromatic nitrogens is 4. The summed E-state index contributed by atoms with van der Waals surface area (Å²) in [5, 5.41) is 21.4. The number of nitrogens with one attached hydrogen (secondary N) is 1. The molecule has 0 radical (unpaired) electrons. The standard InChI is InChI=1S/C25H32N8O/c1-7-20-15-21(11-13-23(20)32(6)30-31(5)8-2)17(3)25-27-26-24-14-12-22(28-33(24)25)18(4)29-34-16-19-9-10-19/h7-8,11-15,17,19,30H,1-2,9-10,16H2,3-6H3/b29-18+. The highest BCUT2D eigenvalue weighted by molar-refractivity contribution is 5.96. The Morgan fingerprint density at radius 2 is 2.06 bits per heavy atom. The molecule has 4 rings (SSSR count). The van der Waals surface area contributed by atoms with Crippen LogP contribution in [0.15, 0.2) is 54.8 Å². The number of hydrogen-bond acceptors (Lipinski definition) is 8. The predicted molar refractivity (Wildman–Crippen MR) is 135 cm³/mol. The van der Waals surface area contributed by atoms with E-state index in [1.807, 2.05) is 44.2 Å². The Hall–Kier alpha value is -3.72. The largest absolute Gasteiger partial charge is 0.395 e. The van der Waals surface area contributed by atoms with E-state index in [1.54, 1.807) is 15.7 Å². The van der Waals surface area contributed by atoms with E-state index in [0.717, 1.165) is 34.0 Å². The van der Waals surface area contributed by atoms with Gasteiger partial charge in [0.1, 0.15) is 18.0 Å².